The van der Waals surface area contributed by atoms with E-state index < -0.39 is 9.84 Å². The lowest BCUT2D eigenvalue weighted by atomic mass is 9.96. The van der Waals surface area contributed by atoms with E-state index in [1.165, 1.54) is 7.11 Å². The quantitative estimate of drug-likeness (QED) is 0.782. The maximum atomic E-state index is 12.3. The van der Waals surface area contributed by atoms with Crippen molar-refractivity contribution in [1.29, 1.82) is 0 Å². The van der Waals surface area contributed by atoms with Gasteiger partial charge in [0.05, 0.1) is 30.7 Å². The number of carbonyl (C=O) groups is 2. The molecule has 0 bridgehead atoms. The van der Waals surface area contributed by atoms with Crippen LogP contribution in [0.1, 0.15) is 28.8 Å². The Bertz CT molecular complexity index is 790. The zero-order chi connectivity index (χ0) is 18.0. The molecular formula is C17H22N2O5S. The molecule has 8 heteroatoms. The molecule has 7 nitrogen and oxygen atoms in total. The standard InChI is InChI=1S/C17H22N2O5S/c1-24-17(21)14-4-2-6-15-13(14)5-3-8-19(15)10-16(20)18-12-7-9-25(22,23)11-12/h2,4,6,12H,3,5,7-11H2,1H3,(H,18,20)/t12-/m1/s1. The van der Waals surface area contributed by atoms with Crippen LogP contribution in [-0.4, -0.2) is 58.0 Å². The molecule has 2 aliphatic heterocycles. The Morgan fingerprint density at radius 2 is 2.16 bits per heavy atom. The summed E-state index contributed by atoms with van der Waals surface area (Å²) in [5, 5.41) is 2.81. The number of amides is 1. The molecule has 1 aromatic carbocycles. The van der Waals surface area contributed by atoms with Crippen molar-refractivity contribution in [2.75, 3.05) is 36.6 Å². The first-order chi connectivity index (χ1) is 11.9. The van der Waals surface area contributed by atoms with Crippen LogP contribution in [-0.2, 0) is 25.8 Å². The lowest BCUT2D eigenvalue weighted by molar-refractivity contribution is -0.120. The Morgan fingerprint density at radius 3 is 2.84 bits per heavy atom. The van der Waals surface area contributed by atoms with Crippen molar-refractivity contribution in [3.63, 3.8) is 0 Å². The lowest BCUT2D eigenvalue weighted by Crippen LogP contribution is -2.44. The Labute approximate surface area is 147 Å². The average Bonchev–Trinajstić information content (AvgIpc) is 2.92. The van der Waals surface area contributed by atoms with Gasteiger partial charge in [0, 0.05) is 18.3 Å². The van der Waals surface area contributed by atoms with Gasteiger partial charge in [-0.3, -0.25) is 4.79 Å². The number of hydrogen-bond donors (Lipinski definition) is 1. The Balaban J connectivity index is 1.71. The number of carbonyl (C=O) groups excluding carboxylic acids is 2. The molecule has 1 amide bonds. The molecule has 25 heavy (non-hydrogen) atoms. The molecule has 2 heterocycles. The fourth-order valence-electron chi connectivity index (χ4n) is 3.52. The number of nitrogens with zero attached hydrogens (tertiary/aromatic N) is 1. The Morgan fingerprint density at radius 1 is 1.36 bits per heavy atom. The monoisotopic (exact) mass is 366 g/mol. The molecule has 0 aliphatic carbocycles. The largest absolute Gasteiger partial charge is 0.465 e. The van der Waals surface area contributed by atoms with Crippen molar-refractivity contribution in [2.24, 2.45) is 0 Å². The fourth-order valence-corrected chi connectivity index (χ4v) is 5.20. The van der Waals surface area contributed by atoms with Crippen molar-refractivity contribution < 1.29 is 22.7 Å². The first-order valence-electron chi connectivity index (χ1n) is 8.34. The first kappa shape index (κ1) is 17.7. The van der Waals surface area contributed by atoms with Gasteiger partial charge in [0.1, 0.15) is 0 Å². The van der Waals surface area contributed by atoms with Crippen LogP contribution in [0.3, 0.4) is 0 Å². The van der Waals surface area contributed by atoms with Crippen LogP contribution in [0, 0.1) is 0 Å². The lowest BCUT2D eigenvalue weighted by Gasteiger charge is -2.32. The number of methoxy groups -OCH3 is 1. The van der Waals surface area contributed by atoms with Crippen molar-refractivity contribution in [3.05, 3.63) is 29.3 Å². The maximum Gasteiger partial charge on any atom is 0.338 e. The van der Waals surface area contributed by atoms with Gasteiger partial charge in [0.15, 0.2) is 9.84 Å². The molecule has 1 atom stereocenters. The van der Waals surface area contributed by atoms with E-state index in [1.807, 2.05) is 11.0 Å². The number of esters is 1. The van der Waals surface area contributed by atoms with Gasteiger partial charge in [-0.05, 0) is 37.0 Å². The SMILES string of the molecule is COC(=O)c1cccc2c1CCCN2CC(=O)N[C@@H]1CCS(=O)(=O)C1. The molecule has 1 fully saturated rings. The van der Waals surface area contributed by atoms with Crippen LogP contribution < -0.4 is 10.2 Å². The zero-order valence-corrected chi connectivity index (χ0v) is 15.0. The van der Waals surface area contributed by atoms with Crippen LogP contribution in [0.2, 0.25) is 0 Å². The highest BCUT2D eigenvalue weighted by molar-refractivity contribution is 7.91. The van der Waals surface area contributed by atoms with E-state index in [0.29, 0.717) is 18.5 Å². The second kappa shape index (κ2) is 7.03. The minimum absolute atomic E-state index is 0.0157. The topological polar surface area (TPSA) is 92.8 Å². The van der Waals surface area contributed by atoms with Gasteiger partial charge in [-0.25, -0.2) is 13.2 Å². The molecule has 0 unspecified atom stereocenters. The van der Waals surface area contributed by atoms with Gasteiger partial charge in [0.2, 0.25) is 5.91 Å². The molecule has 3 rings (SSSR count). The van der Waals surface area contributed by atoms with Crippen molar-refractivity contribution in [3.8, 4) is 0 Å². The molecule has 1 N–H and O–H groups in total. The normalized spacial score (nSPS) is 21.5. The predicted octanol–water partition coefficient (Wildman–Crippen LogP) is 0.529. The average molecular weight is 366 g/mol. The molecule has 1 saturated heterocycles. The number of anilines is 1. The highest BCUT2D eigenvalue weighted by Gasteiger charge is 2.30. The number of ether oxygens (including phenoxy) is 1. The summed E-state index contributed by atoms with van der Waals surface area (Å²) in [5.41, 5.74) is 2.30. The number of fused-ring (bicyclic) bond motifs is 1. The minimum atomic E-state index is -3.02. The number of hydrogen-bond acceptors (Lipinski definition) is 6. The minimum Gasteiger partial charge on any atom is -0.465 e. The van der Waals surface area contributed by atoms with E-state index in [9.17, 15) is 18.0 Å². The first-order valence-corrected chi connectivity index (χ1v) is 10.2. The number of rotatable bonds is 4. The van der Waals surface area contributed by atoms with Crippen LogP contribution >= 0.6 is 0 Å². The molecule has 136 valence electrons. The summed E-state index contributed by atoms with van der Waals surface area (Å²) in [6.07, 6.45) is 2.07. The van der Waals surface area contributed by atoms with Crippen molar-refractivity contribution in [1.82, 2.24) is 5.32 Å². The van der Waals surface area contributed by atoms with Gasteiger partial charge in [-0.15, -0.1) is 0 Å². The summed E-state index contributed by atoms with van der Waals surface area (Å²) in [4.78, 5) is 26.2. The van der Waals surface area contributed by atoms with Gasteiger partial charge in [0.25, 0.3) is 0 Å². The van der Waals surface area contributed by atoms with E-state index >= 15 is 0 Å². The third-order valence-electron chi connectivity index (χ3n) is 4.68. The summed E-state index contributed by atoms with van der Waals surface area (Å²) in [6.45, 7) is 0.863. The summed E-state index contributed by atoms with van der Waals surface area (Å²) in [6, 6.07) is 5.11. The Kier molecular flexibility index (Phi) is 4.99. The van der Waals surface area contributed by atoms with Gasteiger partial charge in [-0.1, -0.05) is 6.07 Å². The third-order valence-corrected chi connectivity index (χ3v) is 6.45. The van der Waals surface area contributed by atoms with Gasteiger partial charge >= 0.3 is 5.97 Å². The van der Waals surface area contributed by atoms with E-state index in [0.717, 1.165) is 24.1 Å². The molecular weight excluding hydrogens is 344 g/mol. The zero-order valence-electron chi connectivity index (χ0n) is 14.2. The second-order valence-corrected chi connectivity index (χ2v) is 8.72. The summed E-state index contributed by atoms with van der Waals surface area (Å²) in [5.74, 6) is -0.424. The van der Waals surface area contributed by atoms with Crippen molar-refractivity contribution in [2.45, 2.75) is 25.3 Å². The number of nitrogens with one attached hydrogen (secondary N) is 1. The summed E-state index contributed by atoms with van der Waals surface area (Å²) in [7, 11) is -1.67. The maximum absolute atomic E-state index is 12.3. The number of benzene rings is 1. The highest BCUT2D eigenvalue weighted by atomic mass is 32.2. The van der Waals surface area contributed by atoms with Crippen LogP contribution in [0.4, 0.5) is 5.69 Å². The predicted molar refractivity (Wildman–Crippen MR) is 93.5 cm³/mol. The molecule has 1 aromatic rings. The smallest absolute Gasteiger partial charge is 0.338 e. The van der Waals surface area contributed by atoms with Crippen LogP contribution in [0.25, 0.3) is 0 Å². The summed E-state index contributed by atoms with van der Waals surface area (Å²) < 4.78 is 27.8. The Hall–Kier alpha value is -2.09. The molecule has 0 radical (unpaired) electrons. The van der Waals surface area contributed by atoms with Crippen LogP contribution in [0.15, 0.2) is 18.2 Å². The van der Waals surface area contributed by atoms with Gasteiger partial charge < -0.3 is 15.0 Å². The highest BCUT2D eigenvalue weighted by Crippen LogP contribution is 2.30. The van der Waals surface area contributed by atoms with Gasteiger partial charge in [-0.2, -0.15) is 0 Å². The van der Waals surface area contributed by atoms with E-state index in [1.54, 1.807) is 12.1 Å². The second-order valence-electron chi connectivity index (χ2n) is 6.49. The van der Waals surface area contributed by atoms with Crippen molar-refractivity contribution >= 4 is 27.4 Å². The fraction of sp³-hybridized carbons (Fsp3) is 0.529. The van der Waals surface area contributed by atoms with E-state index in [2.05, 4.69) is 5.32 Å². The van der Waals surface area contributed by atoms with E-state index in [-0.39, 0.29) is 36.0 Å². The molecule has 0 saturated carbocycles. The molecule has 2 aliphatic rings. The molecule has 0 aromatic heterocycles. The number of sulfone groups is 1. The van der Waals surface area contributed by atoms with E-state index in [4.69, 9.17) is 4.74 Å². The summed E-state index contributed by atoms with van der Waals surface area (Å²) >= 11 is 0. The third kappa shape index (κ3) is 3.95. The van der Waals surface area contributed by atoms with Crippen LogP contribution in [0.5, 0.6) is 0 Å². The molecule has 0 spiro atoms.